The SMILES string of the molecule is CC1(C(=O)O)CCN(c2ncc(C(F)(F)F)cc2Cl)CC1. The molecule has 0 radical (unpaired) electrons. The third-order valence-electron chi connectivity index (χ3n) is 3.83. The summed E-state index contributed by atoms with van der Waals surface area (Å²) < 4.78 is 37.7. The number of hydrogen-bond acceptors (Lipinski definition) is 3. The lowest BCUT2D eigenvalue weighted by Gasteiger charge is -2.37. The maximum atomic E-state index is 12.6. The lowest BCUT2D eigenvalue weighted by Crippen LogP contribution is -2.43. The monoisotopic (exact) mass is 322 g/mol. The maximum Gasteiger partial charge on any atom is 0.417 e. The van der Waals surface area contributed by atoms with Crippen LogP contribution in [0.2, 0.25) is 5.02 Å². The van der Waals surface area contributed by atoms with Gasteiger partial charge < -0.3 is 10.0 Å². The predicted octanol–water partition coefficient (Wildman–Crippen LogP) is 3.44. The fraction of sp³-hybridized carbons (Fsp3) is 0.538. The molecule has 1 saturated heterocycles. The van der Waals surface area contributed by atoms with E-state index in [9.17, 15) is 18.0 Å². The van der Waals surface area contributed by atoms with Crippen LogP contribution < -0.4 is 4.90 Å². The molecule has 8 heteroatoms. The van der Waals surface area contributed by atoms with Gasteiger partial charge in [-0.1, -0.05) is 11.6 Å². The Hall–Kier alpha value is -1.50. The summed E-state index contributed by atoms with van der Waals surface area (Å²) in [7, 11) is 0. The fourth-order valence-corrected chi connectivity index (χ4v) is 2.53. The van der Waals surface area contributed by atoms with Crippen LogP contribution in [-0.4, -0.2) is 29.1 Å². The lowest BCUT2D eigenvalue weighted by molar-refractivity contribution is -0.149. The number of carboxylic acids is 1. The van der Waals surface area contributed by atoms with Crippen LogP contribution in [0.1, 0.15) is 25.3 Å². The second-order valence-electron chi connectivity index (χ2n) is 5.38. The second kappa shape index (κ2) is 5.36. The van der Waals surface area contributed by atoms with Gasteiger partial charge in [0, 0.05) is 19.3 Å². The van der Waals surface area contributed by atoms with Gasteiger partial charge in [0.05, 0.1) is 16.0 Å². The highest BCUT2D eigenvalue weighted by Gasteiger charge is 2.38. The number of pyridine rings is 1. The lowest BCUT2D eigenvalue weighted by atomic mass is 9.80. The molecule has 2 heterocycles. The third-order valence-corrected chi connectivity index (χ3v) is 4.11. The molecule has 1 aromatic rings. The smallest absolute Gasteiger partial charge is 0.417 e. The van der Waals surface area contributed by atoms with Gasteiger partial charge in [0.2, 0.25) is 0 Å². The summed E-state index contributed by atoms with van der Waals surface area (Å²) in [6, 6.07) is 0.842. The zero-order valence-corrected chi connectivity index (χ0v) is 12.0. The molecule has 1 aromatic heterocycles. The molecule has 1 aliphatic heterocycles. The van der Waals surface area contributed by atoms with E-state index in [1.807, 2.05) is 0 Å². The molecule has 4 nitrogen and oxygen atoms in total. The molecule has 2 rings (SSSR count). The molecule has 1 N–H and O–H groups in total. The van der Waals surface area contributed by atoms with Crippen molar-refractivity contribution in [3.8, 4) is 0 Å². The number of carbonyl (C=O) groups is 1. The number of rotatable bonds is 2. The minimum atomic E-state index is -4.49. The summed E-state index contributed by atoms with van der Waals surface area (Å²) in [6.45, 7) is 2.44. The average molecular weight is 323 g/mol. The van der Waals surface area contributed by atoms with E-state index >= 15 is 0 Å². The highest BCUT2D eigenvalue weighted by atomic mass is 35.5. The Balaban J connectivity index is 2.16. The third kappa shape index (κ3) is 3.23. The maximum absolute atomic E-state index is 12.6. The van der Waals surface area contributed by atoms with Gasteiger partial charge in [0.1, 0.15) is 5.82 Å². The van der Waals surface area contributed by atoms with Crippen molar-refractivity contribution in [2.24, 2.45) is 5.41 Å². The average Bonchev–Trinajstić information content (AvgIpc) is 2.39. The Bertz CT molecular complexity index is 555. The van der Waals surface area contributed by atoms with Crippen molar-refractivity contribution >= 4 is 23.4 Å². The second-order valence-corrected chi connectivity index (χ2v) is 5.79. The van der Waals surface area contributed by atoms with Crippen LogP contribution >= 0.6 is 11.6 Å². The molecule has 0 spiro atoms. The molecule has 21 heavy (non-hydrogen) atoms. The Morgan fingerprint density at radius 1 is 1.43 bits per heavy atom. The first kappa shape index (κ1) is 15.9. The van der Waals surface area contributed by atoms with Crippen LogP contribution in [0.25, 0.3) is 0 Å². The van der Waals surface area contributed by atoms with Gasteiger partial charge in [-0.25, -0.2) is 4.98 Å². The van der Waals surface area contributed by atoms with E-state index in [2.05, 4.69) is 4.98 Å². The Morgan fingerprint density at radius 3 is 2.43 bits per heavy atom. The number of aromatic nitrogens is 1. The number of aliphatic carboxylic acids is 1. The number of carboxylic acid groups (broad SMARTS) is 1. The predicted molar refractivity (Wildman–Crippen MR) is 71.4 cm³/mol. The van der Waals surface area contributed by atoms with Crippen LogP contribution in [0.5, 0.6) is 0 Å². The van der Waals surface area contributed by atoms with Crippen LogP contribution in [0, 0.1) is 5.41 Å². The molecule has 116 valence electrons. The van der Waals surface area contributed by atoms with Gasteiger partial charge in [0.15, 0.2) is 0 Å². The van der Waals surface area contributed by atoms with Crippen molar-refractivity contribution in [3.63, 3.8) is 0 Å². The largest absolute Gasteiger partial charge is 0.481 e. The molecule has 0 saturated carbocycles. The van der Waals surface area contributed by atoms with Gasteiger partial charge in [0.25, 0.3) is 0 Å². The van der Waals surface area contributed by atoms with Crippen molar-refractivity contribution in [3.05, 3.63) is 22.8 Å². The van der Waals surface area contributed by atoms with E-state index in [0.717, 1.165) is 12.3 Å². The van der Waals surface area contributed by atoms with Crippen LogP contribution in [0.4, 0.5) is 19.0 Å². The van der Waals surface area contributed by atoms with Crippen molar-refractivity contribution in [1.29, 1.82) is 0 Å². The highest BCUT2D eigenvalue weighted by molar-refractivity contribution is 6.33. The van der Waals surface area contributed by atoms with E-state index in [1.165, 1.54) is 0 Å². The van der Waals surface area contributed by atoms with Gasteiger partial charge in [-0.05, 0) is 25.8 Å². The van der Waals surface area contributed by atoms with Gasteiger partial charge >= 0.3 is 12.1 Å². The minimum Gasteiger partial charge on any atom is -0.481 e. The number of anilines is 1. The minimum absolute atomic E-state index is 0.0799. The van der Waals surface area contributed by atoms with Crippen LogP contribution in [0.3, 0.4) is 0 Å². The van der Waals surface area contributed by atoms with Gasteiger partial charge in [-0.2, -0.15) is 13.2 Å². The number of nitrogens with zero attached hydrogens (tertiary/aromatic N) is 2. The summed E-state index contributed by atoms with van der Waals surface area (Å²) >= 11 is 5.88. The van der Waals surface area contributed by atoms with Gasteiger partial charge in [-0.15, -0.1) is 0 Å². The number of alkyl halides is 3. The summed E-state index contributed by atoms with van der Waals surface area (Å²) in [5.74, 6) is -0.606. The first-order valence-corrected chi connectivity index (χ1v) is 6.72. The van der Waals surface area contributed by atoms with Crippen LogP contribution in [-0.2, 0) is 11.0 Å². The molecule has 0 aliphatic carbocycles. The molecule has 0 amide bonds. The van der Waals surface area contributed by atoms with Crippen molar-refractivity contribution in [1.82, 2.24) is 4.98 Å². The summed E-state index contributed by atoms with van der Waals surface area (Å²) in [6.07, 6.45) is -2.96. The molecular weight excluding hydrogens is 309 g/mol. The van der Waals surface area contributed by atoms with Crippen molar-refractivity contribution < 1.29 is 23.1 Å². The Kier molecular flexibility index (Phi) is 4.06. The summed E-state index contributed by atoms with van der Waals surface area (Å²) in [4.78, 5) is 16.7. The number of hydrogen-bond donors (Lipinski definition) is 1. The Morgan fingerprint density at radius 2 is 2.00 bits per heavy atom. The number of piperidine rings is 1. The Labute approximate surface area is 124 Å². The summed E-state index contributed by atoms with van der Waals surface area (Å²) in [5.41, 5.74) is -1.71. The van der Waals surface area contributed by atoms with E-state index in [4.69, 9.17) is 16.7 Å². The van der Waals surface area contributed by atoms with E-state index < -0.39 is 23.1 Å². The van der Waals surface area contributed by atoms with Gasteiger partial charge in [-0.3, -0.25) is 4.79 Å². The first-order chi connectivity index (χ1) is 9.63. The molecule has 1 fully saturated rings. The molecule has 0 bridgehead atoms. The fourth-order valence-electron chi connectivity index (χ4n) is 2.24. The normalized spacial score (nSPS) is 18.6. The molecular formula is C13H14ClF3N2O2. The quantitative estimate of drug-likeness (QED) is 0.906. The zero-order chi connectivity index (χ0) is 15.8. The standard InChI is InChI=1S/C13H14ClF3N2O2/c1-12(11(20)21)2-4-19(5-3-12)10-9(14)6-8(7-18-10)13(15,16)17/h6-7H,2-5H2,1H3,(H,20,21). The van der Waals surface area contributed by atoms with Crippen molar-refractivity contribution in [2.75, 3.05) is 18.0 Å². The van der Waals surface area contributed by atoms with Crippen molar-refractivity contribution in [2.45, 2.75) is 25.9 Å². The first-order valence-electron chi connectivity index (χ1n) is 6.34. The van der Waals surface area contributed by atoms with Crippen LogP contribution in [0.15, 0.2) is 12.3 Å². The van der Waals surface area contributed by atoms with E-state index in [1.54, 1.807) is 11.8 Å². The topological polar surface area (TPSA) is 53.4 Å². The van der Waals surface area contributed by atoms with E-state index in [0.29, 0.717) is 25.9 Å². The molecule has 1 aliphatic rings. The molecule has 0 atom stereocenters. The van der Waals surface area contributed by atoms with E-state index in [-0.39, 0.29) is 10.8 Å². The molecule has 0 aromatic carbocycles. The molecule has 0 unspecified atom stereocenters. The zero-order valence-electron chi connectivity index (χ0n) is 11.2. The highest BCUT2D eigenvalue weighted by Crippen LogP contribution is 2.37. The number of halogens is 4. The summed E-state index contributed by atoms with van der Waals surface area (Å²) in [5, 5.41) is 9.07.